The fourth-order valence-corrected chi connectivity index (χ4v) is 1.32. The molecule has 1 fully saturated rings. The number of carbonyl (C=O) groups is 1. The number of amides is 1. The SMILES string of the molecule is CC1CC(C(N)=O)NC1C. The van der Waals surface area contributed by atoms with Crippen LogP contribution in [0.5, 0.6) is 0 Å². The molecule has 0 aromatic carbocycles. The van der Waals surface area contributed by atoms with Crippen molar-refractivity contribution in [3.05, 3.63) is 0 Å². The molecule has 10 heavy (non-hydrogen) atoms. The minimum Gasteiger partial charge on any atom is -0.368 e. The highest BCUT2D eigenvalue weighted by Crippen LogP contribution is 2.18. The van der Waals surface area contributed by atoms with Gasteiger partial charge >= 0.3 is 0 Å². The quantitative estimate of drug-likeness (QED) is 0.535. The second kappa shape index (κ2) is 2.58. The van der Waals surface area contributed by atoms with E-state index in [-0.39, 0.29) is 11.9 Å². The van der Waals surface area contributed by atoms with Gasteiger partial charge in [0.2, 0.25) is 5.91 Å². The van der Waals surface area contributed by atoms with Crippen molar-refractivity contribution >= 4 is 5.91 Å². The Hall–Kier alpha value is -0.570. The molecule has 1 saturated heterocycles. The lowest BCUT2D eigenvalue weighted by molar-refractivity contribution is -0.119. The highest BCUT2D eigenvalue weighted by atomic mass is 16.1. The number of hydrogen-bond acceptors (Lipinski definition) is 2. The summed E-state index contributed by atoms with van der Waals surface area (Å²) in [5.41, 5.74) is 5.12. The number of rotatable bonds is 1. The van der Waals surface area contributed by atoms with Crippen molar-refractivity contribution in [1.82, 2.24) is 5.32 Å². The smallest absolute Gasteiger partial charge is 0.234 e. The van der Waals surface area contributed by atoms with E-state index < -0.39 is 0 Å². The zero-order chi connectivity index (χ0) is 7.72. The number of nitrogens with one attached hydrogen (secondary N) is 1. The van der Waals surface area contributed by atoms with Gasteiger partial charge in [0.25, 0.3) is 0 Å². The van der Waals surface area contributed by atoms with E-state index in [2.05, 4.69) is 19.2 Å². The van der Waals surface area contributed by atoms with Crippen LogP contribution in [0.2, 0.25) is 0 Å². The molecule has 0 radical (unpaired) electrons. The van der Waals surface area contributed by atoms with Crippen LogP contribution >= 0.6 is 0 Å². The summed E-state index contributed by atoms with van der Waals surface area (Å²) in [7, 11) is 0. The lowest BCUT2D eigenvalue weighted by Gasteiger charge is -2.07. The van der Waals surface area contributed by atoms with Crippen molar-refractivity contribution in [3.8, 4) is 0 Å². The summed E-state index contributed by atoms with van der Waals surface area (Å²) >= 11 is 0. The summed E-state index contributed by atoms with van der Waals surface area (Å²) < 4.78 is 0. The van der Waals surface area contributed by atoms with E-state index in [4.69, 9.17) is 5.73 Å². The molecular formula is C7H14N2O. The first kappa shape index (κ1) is 7.54. The minimum atomic E-state index is -0.226. The second-order valence-corrected chi connectivity index (χ2v) is 3.12. The lowest BCUT2D eigenvalue weighted by Crippen LogP contribution is -2.38. The Morgan fingerprint density at radius 1 is 1.60 bits per heavy atom. The van der Waals surface area contributed by atoms with E-state index >= 15 is 0 Å². The Labute approximate surface area is 61.0 Å². The Kier molecular flexibility index (Phi) is 1.94. The lowest BCUT2D eigenvalue weighted by atomic mass is 10.0. The molecule has 1 aliphatic rings. The molecule has 0 bridgehead atoms. The fourth-order valence-electron chi connectivity index (χ4n) is 1.32. The molecule has 0 aromatic rings. The number of hydrogen-bond donors (Lipinski definition) is 2. The van der Waals surface area contributed by atoms with Gasteiger partial charge in [-0.15, -0.1) is 0 Å². The molecule has 0 aliphatic carbocycles. The van der Waals surface area contributed by atoms with Gasteiger partial charge in [-0.1, -0.05) is 6.92 Å². The van der Waals surface area contributed by atoms with Crippen molar-refractivity contribution in [1.29, 1.82) is 0 Å². The second-order valence-electron chi connectivity index (χ2n) is 3.12. The monoisotopic (exact) mass is 142 g/mol. The first-order chi connectivity index (χ1) is 4.61. The van der Waals surface area contributed by atoms with Crippen molar-refractivity contribution in [3.63, 3.8) is 0 Å². The van der Waals surface area contributed by atoms with Crippen molar-refractivity contribution in [2.45, 2.75) is 32.4 Å². The van der Waals surface area contributed by atoms with Crippen LogP contribution in [0.25, 0.3) is 0 Å². The van der Waals surface area contributed by atoms with Crippen LogP contribution in [0, 0.1) is 5.92 Å². The van der Waals surface area contributed by atoms with Crippen molar-refractivity contribution in [2.24, 2.45) is 11.7 Å². The maximum absolute atomic E-state index is 10.7. The molecule has 3 N–H and O–H groups in total. The van der Waals surface area contributed by atoms with E-state index in [1.165, 1.54) is 0 Å². The first-order valence-electron chi connectivity index (χ1n) is 3.66. The largest absolute Gasteiger partial charge is 0.368 e. The predicted octanol–water partition coefficient (Wildman–Crippen LogP) is -0.142. The molecule has 3 atom stereocenters. The van der Waals surface area contributed by atoms with Gasteiger partial charge in [0.05, 0.1) is 6.04 Å². The Balaban J connectivity index is 2.49. The molecule has 0 saturated carbocycles. The van der Waals surface area contributed by atoms with Crippen molar-refractivity contribution in [2.75, 3.05) is 0 Å². The number of nitrogens with two attached hydrogens (primary N) is 1. The van der Waals surface area contributed by atoms with Crippen LogP contribution in [0.1, 0.15) is 20.3 Å². The maximum atomic E-state index is 10.7. The van der Waals surface area contributed by atoms with Gasteiger partial charge in [-0.25, -0.2) is 0 Å². The molecule has 1 amide bonds. The average Bonchev–Trinajstić information content (AvgIpc) is 2.13. The van der Waals surface area contributed by atoms with E-state index in [1.807, 2.05) is 0 Å². The Morgan fingerprint density at radius 3 is 2.40 bits per heavy atom. The fraction of sp³-hybridized carbons (Fsp3) is 0.857. The third-order valence-electron chi connectivity index (χ3n) is 2.27. The van der Waals surface area contributed by atoms with E-state index in [9.17, 15) is 4.79 Å². The molecule has 0 spiro atoms. The summed E-state index contributed by atoms with van der Waals surface area (Å²) in [5.74, 6) is 0.341. The van der Waals surface area contributed by atoms with E-state index in [1.54, 1.807) is 0 Å². The molecule has 3 unspecified atom stereocenters. The minimum absolute atomic E-state index is 0.0926. The van der Waals surface area contributed by atoms with Crippen LogP contribution in [-0.2, 0) is 4.79 Å². The first-order valence-corrected chi connectivity index (χ1v) is 3.66. The van der Waals surface area contributed by atoms with Crippen LogP contribution in [0.3, 0.4) is 0 Å². The topological polar surface area (TPSA) is 55.1 Å². The average molecular weight is 142 g/mol. The molecule has 0 aromatic heterocycles. The standard InChI is InChI=1S/C7H14N2O/c1-4-3-6(7(8)10)9-5(4)2/h4-6,9H,3H2,1-2H3,(H2,8,10). The van der Waals surface area contributed by atoms with Gasteiger partial charge in [0.15, 0.2) is 0 Å². The van der Waals surface area contributed by atoms with E-state index in [0.29, 0.717) is 12.0 Å². The number of primary amides is 1. The third-order valence-corrected chi connectivity index (χ3v) is 2.27. The summed E-state index contributed by atoms with van der Waals surface area (Å²) in [6, 6.07) is 0.336. The van der Waals surface area contributed by atoms with Crippen molar-refractivity contribution < 1.29 is 4.79 Å². The molecule has 3 nitrogen and oxygen atoms in total. The van der Waals surface area contributed by atoms with Crippen LogP contribution in [0.15, 0.2) is 0 Å². The number of carbonyl (C=O) groups excluding carboxylic acids is 1. The van der Waals surface area contributed by atoms with E-state index in [0.717, 1.165) is 6.42 Å². The van der Waals surface area contributed by atoms with Gasteiger partial charge in [-0.2, -0.15) is 0 Å². The van der Waals surface area contributed by atoms with Gasteiger partial charge in [0, 0.05) is 6.04 Å². The van der Waals surface area contributed by atoms with Gasteiger partial charge in [-0.05, 0) is 19.3 Å². The van der Waals surface area contributed by atoms with Gasteiger partial charge < -0.3 is 11.1 Å². The molecule has 58 valence electrons. The molecule has 1 rings (SSSR count). The maximum Gasteiger partial charge on any atom is 0.234 e. The molecule has 1 aliphatic heterocycles. The van der Waals surface area contributed by atoms with Gasteiger partial charge in [0.1, 0.15) is 0 Å². The summed E-state index contributed by atoms with van der Waals surface area (Å²) in [5, 5.41) is 3.13. The summed E-state index contributed by atoms with van der Waals surface area (Å²) in [6.45, 7) is 4.20. The van der Waals surface area contributed by atoms with Crippen LogP contribution < -0.4 is 11.1 Å². The highest BCUT2D eigenvalue weighted by molar-refractivity contribution is 5.80. The van der Waals surface area contributed by atoms with Crippen LogP contribution in [-0.4, -0.2) is 18.0 Å². The molecule has 1 heterocycles. The molecule has 3 heteroatoms. The normalized spacial score (nSPS) is 40.0. The zero-order valence-electron chi connectivity index (χ0n) is 6.42. The zero-order valence-corrected chi connectivity index (χ0v) is 6.42. The summed E-state index contributed by atoms with van der Waals surface area (Å²) in [4.78, 5) is 10.7. The van der Waals surface area contributed by atoms with Crippen LogP contribution in [0.4, 0.5) is 0 Å². The molecular weight excluding hydrogens is 128 g/mol. The van der Waals surface area contributed by atoms with Gasteiger partial charge in [-0.3, -0.25) is 4.79 Å². The predicted molar refractivity (Wildman–Crippen MR) is 39.4 cm³/mol. The third kappa shape index (κ3) is 1.29. The summed E-state index contributed by atoms with van der Waals surface area (Å²) in [6.07, 6.45) is 0.885. The Bertz CT molecular complexity index is 137. The highest BCUT2D eigenvalue weighted by Gasteiger charge is 2.30. The Morgan fingerprint density at radius 2 is 2.20 bits per heavy atom.